The van der Waals surface area contributed by atoms with Crippen LogP contribution in [0.15, 0.2) is 54.9 Å². The van der Waals surface area contributed by atoms with Gasteiger partial charge in [0.1, 0.15) is 5.82 Å². The molecule has 0 atom stereocenters. The van der Waals surface area contributed by atoms with Crippen molar-refractivity contribution < 1.29 is 14.0 Å². The lowest BCUT2D eigenvalue weighted by atomic mass is 10.0. The van der Waals surface area contributed by atoms with Gasteiger partial charge in [0, 0.05) is 37.6 Å². The molecule has 29 heavy (non-hydrogen) atoms. The van der Waals surface area contributed by atoms with Crippen LogP contribution in [0.5, 0.6) is 0 Å². The fourth-order valence-electron chi connectivity index (χ4n) is 3.58. The van der Waals surface area contributed by atoms with Crippen molar-refractivity contribution in [1.82, 2.24) is 14.7 Å². The largest absolute Gasteiger partial charge is 0.338 e. The first-order valence-corrected chi connectivity index (χ1v) is 9.46. The SMILES string of the molecule is Cn1cc(C(=O)Nc2cc(F)cc(C(=O)N3CCc4ccccc4CC3)c2)cn1. The summed E-state index contributed by atoms with van der Waals surface area (Å²) in [5, 5.41) is 6.58. The summed E-state index contributed by atoms with van der Waals surface area (Å²) in [5.41, 5.74) is 3.30. The number of carbonyl (C=O) groups excluding carboxylic acids is 2. The molecular formula is C22H21FN4O2. The lowest BCUT2D eigenvalue weighted by Crippen LogP contribution is -2.33. The van der Waals surface area contributed by atoms with E-state index in [0.717, 1.165) is 12.8 Å². The van der Waals surface area contributed by atoms with Crippen LogP contribution in [0.4, 0.5) is 10.1 Å². The van der Waals surface area contributed by atoms with Crippen molar-refractivity contribution >= 4 is 17.5 Å². The van der Waals surface area contributed by atoms with Gasteiger partial charge in [0.15, 0.2) is 0 Å². The van der Waals surface area contributed by atoms with Crippen LogP contribution in [0.3, 0.4) is 0 Å². The minimum Gasteiger partial charge on any atom is -0.338 e. The highest BCUT2D eigenvalue weighted by atomic mass is 19.1. The monoisotopic (exact) mass is 392 g/mol. The molecule has 0 unspecified atom stereocenters. The Morgan fingerprint density at radius 3 is 2.34 bits per heavy atom. The maximum atomic E-state index is 14.2. The smallest absolute Gasteiger partial charge is 0.258 e. The molecule has 0 saturated carbocycles. The minimum absolute atomic E-state index is 0.220. The van der Waals surface area contributed by atoms with Gasteiger partial charge in [0.25, 0.3) is 11.8 Å². The second kappa shape index (κ2) is 7.87. The number of anilines is 1. The topological polar surface area (TPSA) is 67.2 Å². The molecule has 1 aliphatic heterocycles. The summed E-state index contributed by atoms with van der Waals surface area (Å²) < 4.78 is 15.7. The Bertz CT molecular complexity index is 1050. The summed E-state index contributed by atoms with van der Waals surface area (Å²) in [6.07, 6.45) is 4.52. The molecule has 0 bridgehead atoms. The van der Waals surface area contributed by atoms with E-state index in [1.165, 1.54) is 40.2 Å². The molecular weight excluding hydrogens is 371 g/mol. The predicted molar refractivity (Wildman–Crippen MR) is 107 cm³/mol. The quantitative estimate of drug-likeness (QED) is 0.745. The van der Waals surface area contributed by atoms with Crippen molar-refractivity contribution in [1.29, 1.82) is 0 Å². The van der Waals surface area contributed by atoms with Crippen molar-refractivity contribution in [2.24, 2.45) is 7.05 Å². The number of nitrogens with one attached hydrogen (secondary N) is 1. The Balaban J connectivity index is 1.51. The second-order valence-corrected chi connectivity index (χ2v) is 7.15. The Labute approximate surface area is 167 Å². The van der Waals surface area contributed by atoms with Crippen LogP contribution in [-0.4, -0.2) is 39.6 Å². The number of carbonyl (C=O) groups is 2. The van der Waals surface area contributed by atoms with Crippen molar-refractivity contribution in [3.05, 3.63) is 82.9 Å². The van der Waals surface area contributed by atoms with Crippen LogP contribution in [-0.2, 0) is 19.9 Å². The summed E-state index contributed by atoms with van der Waals surface area (Å²) in [5.74, 6) is -1.23. The van der Waals surface area contributed by atoms with Crippen LogP contribution >= 0.6 is 0 Å². The first-order valence-electron chi connectivity index (χ1n) is 9.46. The lowest BCUT2D eigenvalue weighted by Gasteiger charge is -2.20. The molecule has 0 fully saturated rings. The Hall–Kier alpha value is -3.48. The molecule has 2 aromatic carbocycles. The Kier molecular flexibility index (Phi) is 5.12. The number of hydrogen-bond donors (Lipinski definition) is 1. The van der Waals surface area contributed by atoms with E-state index in [0.29, 0.717) is 18.7 Å². The molecule has 0 saturated heterocycles. The lowest BCUT2D eigenvalue weighted by molar-refractivity contribution is 0.0762. The van der Waals surface area contributed by atoms with Crippen LogP contribution in [0.25, 0.3) is 0 Å². The van der Waals surface area contributed by atoms with Gasteiger partial charge >= 0.3 is 0 Å². The molecule has 1 aliphatic rings. The van der Waals surface area contributed by atoms with Gasteiger partial charge in [-0.3, -0.25) is 14.3 Å². The number of aromatic nitrogens is 2. The first kappa shape index (κ1) is 18.9. The van der Waals surface area contributed by atoms with Crippen LogP contribution in [0.2, 0.25) is 0 Å². The highest BCUT2D eigenvalue weighted by molar-refractivity contribution is 6.04. The normalized spacial score (nSPS) is 13.5. The summed E-state index contributed by atoms with van der Waals surface area (Å²) in [4.78, 5) is 27.0. The van der Waals surface area contributed by atoms with E-state index in [1.54, 1.807) is 18.1 Å². The van der Waals surface area contributed by atoms with Gasteiger partial charge in [0.05, 0.1) is 11.8 Å². The summed E-state index contributed by atoms with van der Waals surface area (Å²) in [6, 6.07) is 12.1. The van der Waals surface area contributed by atoms with E-state index in [9.17, 15) is 14.0 Å². The summed E-state index contributed by atoms with van der Waals surface area (Å²) in [7, 11) is 1.70. The third-order valence-electron chi connectivity index (χ3n) is 5.08. The van der Waals surface area contributed by atoms with Crippen molar-refractivity contribution in [3.8, 4) is 0 Å². The molecule has 2 heterocycles. The Morgan fingerprint density at radius 2 is 1.72 bits per heavy atom. The van der Waals surface area contributed by atoms with Crippen LogP contribution < -0.4 is 5.32 Å². The summed E-state index contributed by atoms with van der Waals surface area (Å²) in [6.45, 7) is 1.15. The molecule has 0 radical (unpaired) electrons. The van der Waals surface area contributed by atoms with E-state index < -0.39 is 11.7 Å². The number of hydrogen-bond acceptors (Lipinski definition) is 3. The fourth-order valence-corrected chi connectivity index (χ4v) is 3.58. The van der Waals surface area contributed by atoms with Gasteiger partial charge in [-0.25, -0.2) is 4.39 Å². The zero-order valence-corrected chi connectivity index (χ0v) is 16.1. The van der Waals surface area contributed by atoms with Gasteiger partial charge in [0.2, 0.25) is 0 Å². The number of aryl methyl sites for hydroxylation is 1. The number of fused-ring (bicyclic) bond motifs is 1. The zero-order chi connectivity index (χ0) is 20.4. The molecule has 6 nitrogen and oxygen atoms in total. The highest BCUT2D eigenvalue weighted by Crippen LogP contribution is 2.20. The molecule has 2 amide bonds. The van der Waals surface area contributed by atoms with Gasteiger partial charge in [-0.15, -0.1) is 0 Å². The third kappa shape index (κ3) is 4.18. The van der Waals surface area contributed by atoms with Crippen LogP contribution in [0, 0.1) is 5.82 Å². The van der Waals surface area contributed by atoms with E-state index in [2.05, 4.69) is 22.5 Å². The van der Waals surface area contributed by atoms with Gasteiger partial charge in [-0.1, -0.05) is 24.3 Å². The molecule has 0 spiro atoms. The minimum atomic E-state index is -0.574. The molecule has 0 aliphatic carbocycles. The molecule has 3 aromatic rings. The van der Waals surface area contributed by atoms with E-state index in [1.807, 2.05) is 12.1 Å². The predicted octanol–water partition coefficient (Wildman–Crippen LogP) is 3.05. The van der Waals surface area contributed by atoms with Crippen molar-refractivity contribution in [3.63, 3.8) is 0 Å². The maximum absolute atomic E-state index is 14.2. The van der Waals surface area contributed by atoms with Crippen LogP contribution in [0.1, 0.15) is 31.8 Å². The molecule has 148 valence electrons. The second-order valence-electron chi connectivity index (χ2n) is 7.15. The number of nitrogens with zero attached hydrogens (tertiary/aromatic N) is 3. The molecule has 1 aromatic heterocycles. The highest BCUT2D eigenvalue weighted by Gasteiger charge is 2.21. The fraction of sp³-hybridized carbons (Fsp3) is 0.227. The van der Waals surface area contributed by atoms with E-state index in [-0.39, 0.29) is 17.2 Å². The first-order chi connectivity index (χ1) is 14.0. The summed E-state index contributed by atoms with van der Waals surface area (Å²) >= 11 is 0. The zero-order valence-electron chi connectivity index (χ0n) is 16.1. The Morgan fingerprint density at radius 1 is 1.03 bits per heavy atom. The molecule has 4 rings (SSSR count). The van der Waals surface area contributed by atoms with Crippen molar-refractivity contribution in [2.75, 3.05) is 18.4 Å². The average Bonchev–Trinajstić information content (AvgIpc) is 3.03. The van der Waals surface area contributed by atoms with Crippen molar-refractivity contribution in [2.45, 2.75) is 12.8 Å². The molecule has 1 N–H and O–H groups in total. The van der Waals surface area contributed by atoms with E-state index in [4.69, 9.17) is 0 Å². The number of benzene rings is 2. The third-order valence-corrected chi connectivity index (χ3v) is 5.08. The number of halogens is 1. The number of rotatable bonds is 3. The average molecular weight is 392 g/mol. The standard InChI is InChI=1S/C22H21FN4O2/c1-26-14-18(13-24-26)21(28)25-20-11-17(10-19(23)12-20)22(29)27-8-6-15-4-2-3-5-16(15)7-9-27/h2-5,10-14H,6-9H2,1H3,(H,25,28). The van der Waals surface area contributed by atoms with Gasteiger partial charge in [-0.05, 0) is 42.2 Å². The number of amides is 2. The maximum Gasteiger partial charge on any atom is 0.258 e. The van der Waals surface area contributed by atoms with E-state index >= 15 is 0 Å². The molecule has 7 heteroatoms. The van der Waals surface area contributed by atoms with Gasteiger partial charge in [-0.2, -0.15) is 5.10 Å². The van der Waals surface area contributed by atoms with Gasteiger partial charge < -0.3 is 10.2 Å².